The number of nitrogens with one attached hydrogen (secondary N) is 1. The van der Waals surface area contributed by atoms with E-state index in [1.165, 1.54) is 24.4 Å². The molecule has 2 heterocycles. The fraction of sp³-hybridized carbons (Fsp3) is 0.294. The van der Waals surface area contributed by atoms with Crippen LogP contribution in [0.5, 0.6) is 11.5 Å². The van der Waals surface area contributed by atoms with Crippen molar-refractivity contribution in [2.24, 2.45) is 0 Å². The Hall–Kier alpha value is -3.36. The Morgan fingerprint density at radius 1 is 1.19 bits per heavy atom. The first kappa shape index (κ1) is 17.5. The summed E-state index contributed by atoms with van der Waals surface area (Å²) in [5.41, 5.74) is 0.603. The second kappa shape index (κ2) is 7.68. The summed E-state index contributed by atoms with van der Waals surface area (Å²) >= 11 is 0. The van der Waals surface area contributed by atoms with E-state index in [0.29, 0.717) is 30.3 Å². The summed E-state index contributed by atoms with van der Waals surface area (Å²) in [6, 6.07) is 6.61. The van der Waals surface area contributed by atoms with E-state index >= 15 is 0 Å². The molecule has 1 fully saturated rings. The standard InChI is InChI=1S/C17H19N5O4/c1-25-12-4-5-14(26-2)13(10-12)22-9-8-21(17(22)24)11-15(23)20-16-18-6-3-7-19-16/h3-7,10H,8-9,11H2,1-2H3,(H,18,19,20,23). The van der Waals surface area contributed by atoms with Crippen LogP contribution in [0.4, 0.5) is 16.4 Å². The van der Waals surface area contributed by atoms with E-state index in [0.717, 1.165) is 0 Å². The van der Waals surface area contributed by atoms with Gasteiger partial charge < -0.3 is 14.4 Å². The second-order valence-corrected chi connectivity index (χ2v) is 5.51. The van der Waals surface area contributed by atoms with Crippen LogP contribution in [0.25, 0.3) is 0 Å². The van der Waals surface area contributed by atoms with Gasteiger partial charge in [0.25, 0.3) is 0 Å². The summed E-state index contributed by atoms with van der Waals surface area (Å²) in [6.45, 7) is 0.777. The summed E-state index contributed by atoms with van der Waals surface area (Å²) < 4.78 is 10.6. The molecule has 0 bridgehead atoms. The lowest BCUT2D eigenvalue weighted by Gasteiger charge is -2.20. The third-order valence-electron chi connectivity index (χ3n) is 3.92. The van der Waals surface area contributed by atoms with Gasteiger partial charge >= 0.3 is 6.03 Å². The molecule has 0 radical (unpaired) electrons. The predicted molar refractivity (Wildman–Crippen MR) is 94.5 cm³/mol. The quantitative estimate of drug-likeness (QED) is 0.839. The maximum absolute atomic E-state index is 12.7. The molecule has 3 rings (SSSR count). The zero-order chi connectivity index (χ0) is 18.5. The minimum absolute atomic E-state index is 0.0835. The number of carbonyl (C=O) groups is 2. The fourth-order valence-electron chi connectivity index (χ4n) is 2.66. The third kappa shape index (κ3) is 3.66. The molecule has 26 heavy (non-hydrogen) atoms. The van der Waals surface area contributed by atoms with E-state index in [4.69, 9.17) is 9.47 Å². The lowest BCUT2D eigenvalue weighted by atomic mass is 10.2. The smallest absolute Gasteiger partial charge is 0.325 e. The highest BCUT2D eigenvalue weighted by atomic mass is 16.5. The van der Waals surface area contributed by atoms with Gasteiger partial charge in [0.15, 0.2) is 0 Å². The first-order valence-electron chi connectivity index (χ1n) is 7.97. The molecule has 0 unspecified atom stereocenters. The summed E-state index contributed by atoms with van der Waals surface area (Å²) in [4.78, 5) is 35.7. The Morgan fingerprint density at radius 3 is 2.65 bits per heavy atom. The molecule has 3 amide bonds. The Morgan fingerprint density at radius 2 is 1.96 bits per heavy atom. The number of methoxy groups -OCH3 is 2. The van der Waals surface area contributed by atoms with Crippen molar-refractivity contribution in [1.29, 1.82) is 0 Å². The van der Waals surface area contributed by atoms with Crippen molar-refractivity contribution in [2.75, 3.05) is 44.1 Å². The Bertz CT molecular complexity index is 799. The van der Waals surface area contributed by atoms with Crippen LogP contribution in [0, 0.1) is 0 Å². The van der Waals surface area contributed by atoms with E-state index in [2.05, 4.69) is 15.3 Å². The number of benzene rings is 1. The molecule has 1 aliphatic heterocycles. The van der Waals surface area contributed by atoms with Gasteiger partial charge in [-0.15, -0.1) is 0 Å². The van der Waals surface area contributed by atoms with Gasteiger partial charge in [0.1, 0.15) is 18.0 Å². The number of hydrogen-bond donors (Lipinski definition) is 1. The van der Waals surface area contributed by atoms with Crippen LogP contribution in [-0.2, 0) is 4.79 Å². The molecule has 9 heteroatoms. The van der Waals surface area contributed by atoms with Crippen LogP contribution in [0.3, 0.4) is 0 Å². The number of aromatic nitrogens is 2. The Balaban J connectivity index is 1.69. The summed E-state index contributed by atoms with van der Waals surface area (Å²) in [6.07, 6.45) is 3.06. The molecule has 1 N–H and O–H groups in total. The van der Waals surface area contributed by atoms with Gasteiger partial charge in [0.05, 0.1) is 19.9 Å². The zero-order valence-corrected chi connectivity index (χ0v) is 14.5. The highest BCUT2D eigenvalue weighted by Crippen LogP contribution is 2.34. The molecule has 0 spiro atoms. The SMILES string of the molecule is COc1ccc(OC)c(N2CCN(CC(=O)Nc3ncccn3)C2=O)c1. The molecule has 9 nitrogen and oxygen atoms in total. The van der Waals surface area contributed by atoms with Crippen molar-refractivity contribution in [3.8, 4) is 11.5 Å². The highest BCUT2D eigenvalue weighted by Gasteiger charge is 2.32. The maximum Gasteiger partial charge on any atom is 0.325 e. The zero-order valence-electron chi connectivity index (χ0n) is 14.5. The van der Waals surface area contributed by atoms with E-state index < -0.39 is 0 Å². The number of ether oxygens (including phenoxy) is 2. The second-order valence-electron chi connectivity index (χ2n) is 5.51. The summed E-state index contributed by atoms with van der Waals surface area (Å²) in [5, 5.41) is 2.57. The molecule has 1 aromatic heterocycles. The number of amides is 3. The molecular formula is C17H19N5O4. The third-order valence-corrected chi connectivity index (χ3v) is 3.92. The lowest BCUT2D eigenvalue weighted by molar-refractivity contribution is -0.116. The Labute approximate surface area is 150 Å². The van der Waals surface area contributed by atoms with Crippen LogP contribution in [0.15, 0.2) is 36.7 Å². The predicted octanol–water partition coefficient (Wildman–Crippen LogP) is 1.37. The number of nitrogens with zero attached hydrogens (tertiary/aromatic N) is 4. The van der Waals surface area contributed by atoms with Gasteiger partial charge in [-0.05, 0) is 18.2 Å². The van der Waals surface area contributed by atoms with Crippen molar-refractivity contribution < 1.29 is 19.1 Å². The van der Waals surface area contributed by atoms with Crippen LogP contribution >= 0.6 is 0 Å². The van der Waals surface area contributed by atoms with Crippen LogP contribution in [0.2, 0.25) is 0 Å². The van der Waals surface area contributed by atoms with E-state index in [-0.39, 0.29) is 24.4 Å². The van der Waals surface area contributed by atoms with E-state index in [1.807, 2.05) is 0 Å². The molecule has 1 saturated heterocycles. The maximum atomic E-state index is 12.7. The molecule has 0 saturated carbocycles. The monoisotopic (exact) mass is 357 g/mol. The molecule has 1 aliphatic rings. The van der Waals surface area contributed by atoms with Gasteiger partial charge in [-0.1, -0.05) is 0 Å². The van der Waals surface area contributed by atoms with Crippen molar-refractivity contribution in [3.05, 3.63) is 36.7 Å². The van der Waals surface area contributed by atoms with E-state index in [9.17, 15) is 9.59 Å². The summed E-state index contributed by atoms with van der Waals surface area (Å²) in [5.74, 6) is 1.02. The Kier molecular flexibility index (Phi) is 5.16. The molecular weight excluding hydrogens is 338 g/mol. The largest absolute Gasteiger partial charge is 0.497 e. The van der Waals surface area contributed by atoms with Crippen LogP contribution in [-0.4, -0.2) is 60.7 Å². The van der Waals surface area contributed by atoms with Gasteiger partial charge in [0.2, 0.25) is 11.9 Å². The van der Waals surface area contributed by atoms with Crippen molar-refractivity contribution in [2.45, 2.75) is 0 Å². The number of carbonyl (C=O) groups excluding carboxylic acids is 2. The average molecular weight is 357 g/mol. The number of rotatable bonds is 6. The molecule has 1 aromatic carbocycles. The average Bonchev–Trinajstić information content (AvgIpc) is 3.02. The fourth-order valence-corrected chi connectivity index (χ4v) is 2.66. The lowest BCUT2D eigenvalue weighted by Crippen LogP contribution is -2.37. The topological polar surface area (TPSA) is 96.9 Å². The molecule has 2 aromatic rings. The van der Waals surface area contributed by atoms with Gasteiger partial charge in [-0.3, -0.25) is 15.0 Å². The highest BCUT2D eigenvalue weighted by molar-refractivity contribution is 5.99. The molecule has 0 atom stereocenters. The minimum atomic E-state index is -0.357. The van der Waals surface area contributed by atoms with Gasteiger partial charge in [0, 0.05) is 31.5 Å². The molecule has 136 valence electrons. The normalized spacial score (nSPS) is 13.7. The van der Waals surface area contributed by atoms with Crippen molar-refractivity contribution in [3.63, 3.8) is 0 Å². The number of hydrogen-bond acceptors (Lipinski definition) is 6. The number of urea groups is 1. The van der Waals surface area contributed by atoms with E-state index in [1.54, 1.807) is 36.3 Å². The minimum Gasteiger partial charge on any atom is -0.497 e. The van der Waals surface area contributed by atoms with Gasteiger partial charge in [-0.25, -0.2) is 14.8 Å². The first-order valence-corrected chi connectivity index (χ1v) is 7.97. The van der Waals surface area contributed by atoms with Crippen LogP contribution in [0.1, 0.15) is 0 Å². The summed E-state index contributed by atoms with van der Waals surface area (Å²) in [7, 11) is 3.09. The first-order chi connectivity index (χ1) is 12.6. The van der Waals surface area contributed by atoms with Crippen LogP contribution < -0.4 is 19.7 Å². The van der Waals surface area contributed by atoms with Crippen molar-refractivity contribution >= 4 is 23.6 Å². The molecule has 0 aliphatic carbocycles. The van der Waals surface area contributed by atoms with Crippen molar-refractivity contribution in [1.82, 2.24) is 14.9 Å². The van der Waals surface area contributed by atoms with Gasteiger partial charge in [-0.2, -0.15) is 0 Å². The number of anilines is 2.